The summed E-state index contributed by atoms with van der Waals surface area (Å²) in [5, 5.41) is 15.1. The third-order valence-corrected chi connectivity index (χ3v) is 4.19. The molecule has 24 heavy (non-hydrogen) atoms. The van der Waals surface area contributed by atoms with Crippen LogP contribution >= 0.6 is 11.6 Å². The van der Waals surface area contributed by atoms with Gasteiger partial charge < -0.3 is 10.6 Å². The average Bonchev–Trinajstić information content (AvgIpc) is 2.59. The monoisotopic (exact) mass is 339 g/mol. The van der Waals surface area contributed by atoms with Crippen molar-refractivity contribution in [3.05, 3.63) is 70.4 Å². The van der Waals surface area contributed by atoms with Crippen molar-refractivity contribution in [1.82, 2.24) is 15.2 Å². The topological polar surface area (TPSA) is 62.7 Å². The standard InChI is InChI=1S/C18H18ClN5/c1-12-6-5-9-16(13(12)2)22-17-11-21-24-18(23-17)20-10-14-7-3-4-8-15(14)19/h3-9,11H,10H2,1-2H3,(H2,20,22,23,24). The Kier molecular flexibility index (Phi) is 4.91. The van der Waals surface area contributed by atoms with Crippen LogP contribution in [0.15, 0.2) is 48.7 Å². The molecule has 3 aromatic rings. The zero-order chi connectivity index (χ0) is 16.9. The molecule has 0 aliphatic rings. The number of nitrogens with zero attached hydrogens (tertiary/aromatic N) is 3. The first-order valence-electron chi connectivity index (χ1n) is 7.64. The summed E-state index contributed by atoms with van der Waals surface area (Å²) < 4.78 is 0. The van der Waals surface area contributed by atoms with Crippen LogP contribution in [-0.4, -0.2) is 15.2 Å². The largest absolute Gasteiger partial charge is 0.349 e. The van der Waals surface area contributed by atoms with E-state index in [4.69, 9.17) is 11.6 Å². The van der Waals surface area contributed by atoms with E-state index in [-0.39, 0.29) is 0 Å². The van der Waals surface area contributed by atoms with Gasteiger partial charge in [-0.1, -0.05) is 41.9 Å². The zero-order valence-electron chi connectivity index (χ0n) is 13.5. The lowest BCUT2D eigenvalue weighted by Gasteiger charge is -2.11. The van der Waals surface area contributed by atoms with Gasteiger partial charge in [0, 0.05) is 17.3 Å². The van der Waals surface area contributed by atoms with Crippen molar-refractivity contribution in [1.29, 1.82) is 0 Å². The number of hydrogen-bond acceptors (Lipinski definition) is 5. The van der Waals surface area contributed by atoms with E-state index in [1.165, 1.54) is 11.1 Å². The molecular weight excluding hydrogens is 322 g/mol. The van der Waals surface area contributed by atoms with Crippen LogP contribution in [0.4, 0.5) is 17.5 Å². The van der Waals surface area contributed by atoms with Gasteiger partial charge in [0.25, 0.3) is 0 Å². The molecule has 2 N–H and O–H groups in total. The van der Waals surface area contributed by atoms with E-state index in [1.807, 2.05) is 36.4 Å². The maximum absolute atomic E-state index is 6.15. The van der Waals surface area contributed by atoms with E-state index in [1.54, 1.807) is 6.20 Å². The molecule has 0 bridgehead atoms. The van der Waals surface area contributed by atoms with Gasteiger partial charge in [0.2, 0.25) is 5.95 Å². The molecule has 0 unspecified atom stereocenters. The van der Waals surface area contributed by atoms with Crippen LogP contribution in [0, 0.1) is 13.8 Å². The Morgan fingerprint density at radius 2 is 1.88 bits per heavy atom. The van der Waals surface area contributed by atoms with Gasteiger partial charge in [0.05, 0.1) is 6.20 Å². The quantitative estimate of drug-likeness (QED) is 0.716. The third kappa shape index (κ3) is 3.81. The van der Waals surface area contributed by atoms with Gasteiger partial charge in [0.15, 0.2) is 5.82 Å². The van der Waals surface area contributed by atoms with Crippen LogP contribution < -0.4 is 10.6 Å². The number of hydrogen-bond donors (Lipinski definition) is 2. The van der Waals surface area contributed by atoms with Gasteiger partial charge in [-0.25, -0.2) is 0 Å². The molecule has 0 radical (unpaired) electrons. The van der Waals surface area contributed by atoms with E-state index in [0.717, 1.165) is 11.3 Å². The second kappa shape index (κ2) is 7.27. The molecule has 122 valence electrons. The Hall–Kier alpha value is -2.66. The predicted octanol–water partition coefficient (Wildman–Crippen LogP) is 4.50. The molecule has 2 aromatic carbocycles. The van der Waals surface area contributed by atoms with Gasteiger partial charge in [-0.05, 0) is 42.7 Å². The minimum Gasteiger partial charge on any atom is -0.349 e. The fraction of sp³-hybridized carbons (Fsp3) is 0.167. The van der Waals surface area contributed by atoms with Gasteiger partial charge in [-0.15, -0.1) is 5.10 Å². The molecule has 1 heterocycles. The third-order valence-electron chi connectivity index (χ3n) is 3.82. The summed E-state index contributed by atoms with van der Waals surface area (Å²) in [5.41, 5.74) is 4.39. The summed E-state index contributed by atoms with van der Waals surface area (Å²) in [6, 6.07) is 13.8. The SMILES string of the molecule is Cc1cccc(Nc2cnnc(NCc3ccccc3Cl)n2)c1C. The van der Waals surface area contributed by atoms with Gasteiger partial charge >= 0.3 is 0 Å². The van der Waals surface area contributed by atoms with Crippen molar-refractivity contribution >= 4 is 29.1 Å². The number of rotatable bonds is 5. The summed E-state index contributed by atoms with van der Waals surface area (Å²) >= 11 is 6.15. The smallest absolute Gasteiger partial charge is 0.244 e. The lowest BCUT2D eigenvalue weighted by molar-refractivity contribution is 0.948. The molecule has 5 nitrogen and oxygen atoms in total. The maximum atomic E-state index is 6.15. The number of aryl methyl sites for hydroxylation is 1. The highest BCUT2D eigenvalue weighted by Gasteiger charge is 2.05. The first-order chi connectivity index (χ1) is 11.6. The minimum absolute atomic E-state index is 0.449. The summed E-state index contributed by atoms with van der Waals surface area (Å²) in [6.07, 6.45) is 1.60. The number of nitrogens with one attached hydrogen (secondary N) is 2. The summed E-state index contributed by atoms with van der Waals surface area (Å²) in [6.45, 7) is 4.69. The lowest BCUT2D eigenvalue weighted by Crippen LogP contribution is -2.07. The van der Waals surface area contributed by atoms with E-state index in [0.29, 0.717) is 23.3 Å². The summed E-state index contributed by atoms with van der Waals surface area (Å²) in [7, 11) is 0. The molecule has 0 atom stereocenters. The Bertz CT molecular complexity index is 850. The second-order valence-corrected chi connectivity index (χ2v) is 5.89. The highest BCUT2D eigenvalue weighted by Crippen LogP contribution is 2.22. The number of halogens is 1. The Morgan fingerprint density at radius 3 is 2.71 bits per heavy atom. The molecule has 1 aromatic heterocycles. The van der Waals surface area contributed by atoms with Crippen LogP contribution in [0.2, 0.25) is 5.02 Å². The molecular formula is C18H18ClN5. The average molecular weight is 340 g/mol. The van der Waals surface area contributed by atoms with Gasteiger partial charge in [-0.3, -0.25) is 0 Å². The molecule has 0 fully saturated rings. The van der Waals surface area contributed by atoms with Gasteiger partial charge in [0.1, 0.15) is 0 Å². The van der Waals surface area contributed by atoms with Crippen molar-refractivity contribution in [3.8, 4) is 0 Å². The minimum atomic E-state index is 0.449. The summed E-state index contributed by atoms with van der Waals surface area (Å²) in [4.78, 5) is 4.44. The Labute approximate surface area is 146 Å². The predicted molar refractivity (Wildman–Crippen MR) is 97.8 cm³/mol. The highest BCUT2D eigenvalue weighted by molar-refractivity contribution is 6.31. The Balaban J connectivity index is 1.72. The molecule has 0 aliphatic carbocycles. The van der Waals surface area contributed by atoms with Crippen molar-refractivity contribution in [3.63, 3.8) is 0 Å². The van der Waals surface area contributed by atoms with Crippen molar-refractivity contribution < 1.29 is 0 Å². The van der Waals surface area contributed by atoms with Crippen LogP contribution in [0.5, 0.6) is 0 Å². The fourth-order valence-electron chi connectivity index (χ4n) is 2.28. The molecule has 6 heteroatoms. The van der Waals surface area contributed by atoms with E-state index < -0.39 is 0 Å². The molecule has 0 aliphatic heterocycles. The molecule has 3 rings (SSSR count). The van der Waals surface area contributed by atoms with Crippen molar-refractivity contribution in [2.24, 2.45) is 0 Å². The van der Waals surface area contributed by atoms with Crippen molar-refractivity contribution in [2.45, 2.75) is 20.4 Å². The van der Waals surface area contributed by atoms with Gasteiger partial charge in [-0.2, -0.15) is 10.1 Å². The highest BCUT2D eigenvalue weighted by atomic mass is 35.5. The normalized spacial score (nSPS) is 10.5. The molecule has 0 amide bonds. The van der Waals surface area contributed by atoms with Crippen molar-refractivity contribution in [2.75, 3.05) is 10.6 Å². The molecule has 0 saturated heterocycles. The number of anilines is 3. The first kappa shape index (κ1) is 16.2. The first-order valence-corrected chi connectivity index (χ1v) is 8.01. The second-order valence-electron chi connectivity index (χ2n) is 5.48. The van der Waals surface area contributed by atoms with Crippen LogP contribution in [-0.2, 0) is 6.54 Å². The molecule has 0 saturated carbocycles. The summed E-state index contributed by atoms with van der Waals surface area (Å²) in [5.74, 6) is 1.09. The number of benzene rings is 2. The zero-order valence-corrected chi connectivity index (χ0v) is 14.3. The maximum Gasteiger partial charge on any atom is 0.244 e. The van der Waals surface area contributed by atoms with E-state index >= 15 is 0 Å². The van der Waals surface area contributed by atoms with E-state index in [2.05, 4.69) is 45.7 Å². The van der Waals surface area contributed by atoms with Crippen LogP contribution in [0.3, 0.4) is 0 Å². The number of aromatic nitrogens is 3. The fourth-order valence-corrected chi connectivity index (χ4v) is 2.48. The van der Waals surface area contributed by atoms with Crippen LogP contribution in [0.1, 0.15) is 16.7 Å². The van der Waals surface area contributed by atoms with E-state index in [9.17, 15) is 0 Å². The van der Waals surface area contributed by atoms with Crippen LogP contribution in [0.25, 0.3) is 0 Å². The Morgan fingerprint density at radius 1 is 1.04 bits per heavy atom. The lowest BCUT2D eigenvalue weighted by atomic mass is 10.1. The molecule has 0 spiro atoms.